The van der Waals surface area contributed by atoms with Crippen LogP contribution in [0.1, 0.15) is 65.0 Å². The van der Waals surface area contributed by atoms with Gasteiger partial charge in [-0.1, -0.05) is 5.16 Å². The van der Waals surface area contributed by atoms with Crippen LogP contribution in [0.4, 0.5) is 0 Å². The Morgan fingerprint density at radius 2 is 1.87 bits per heavy atom. The largest absolute Gasteiger partial charge is 0.356 e. The first-order chi connectivity index (χ1) is 14.8. The molecule has 3 aromatic heterocycles. The number of carbonyl (C=O) groups excluding carboxylic acids is 1. The Labute approximate surface area is 182 Å². The second-order valence-corrected chi connectivity index (χ2v) is 8.49. The number of nitrogens with zero attached hydrogens (tertiary/aromatic N) is 6. The van der Waals surface area contributed by atoms with Crippen LogP contribution in [0.3, 0.4) is 0 Å². The lowest BCUT2D eigenvalue weighted by Gasteiger charge is -2.36. The molecule has 0 spiro atoms. The van der Waals surface area contributed by atoms with E-state index in [0.29, 0.717) is 18.1 Å². The number of piperidine rings is 1. The normalized spacial score (nSPS) is 16.7. The summed E-state index contributed by atoms with van der Waals surface area (Å²) in [4.78, 5) is 24.6. The molecule has 1 fully saturated rings. The summed E-state index contributed by atoms with van der Waals surface area (Å²) in [6.45, 7) is 12.8. The molecule has 0 bridgehead atoms. The number of amides is 1. The quantitative estimate of drug-likeness (QED) is 0.633. The maximum atomic E-state index is 13.4. The molecule has 1 aliphatic heterocycles. The Morgan fingerprint density at radius 3 is 2.52 bits per heavy atom. The minimum atomic E-state index is -0.124. The highest BCUT2D eigenvalue weighted by Gasteiger charge is 2.33. The van der Waals surface area contributed by atoms with Gasteiger partial charge in [0, 0.05) is 24.0 Å². The highest BCUT2D eigenvalue weighted by molar-refractivity contribution is 5.77. The van der Waals surface area contributed by atoms with Crippen molar-refractivity contribution in [1.29, 1.82) is 0 Å². The van der Waals surface area contributed by atoms with Crippen molar-refractivity contribution < 1.29 is 9.32 Å². The van der Waals surface area contributed by atoms with Gasteiger partial charge in [-0.15, -0.1) is 0 Å². The van der Waals surface area contributed by atoms with Gasteiger partial charge >= 0.3 is 0 Å². The van der Waals surface area contributed by atoms with Crippen LogP contribution in [0, 0.1) is 41.5 Å². The molecular formula is C23H30N6O2. The molecule has 1 aliphatic rings. The second-order valence-electron chi connectivity index (χ2n) is 8.49. The molecular weight excluding hydrogens is 392 g/mol. The molecule has 0 unspecified atom stereocenters. The summed E-state index contributed by atoms with van der Waals surface area (Å²) in [5.41, 5.74) is 6.60. The smallest absolute Gasteiger partial charge is 0.244 e. The number of aryl methyl sites for hydroxylation is 3. The van der Waals surface area contributed by atoms with E-state index in [1.54, 1.807) is 6.20 Å². The van der Waals surface area contributed by atoms with Gasteiger partial charge in [0.25, 0.3) is 0 Å². The van der Waals surface area contributed by atoms with Gasteiger partial charge in [0.15, 0.2) is 5.76 Å². The Bertz CT molecular complexity index is 1130. The average molecular weight is 423 g/mol. The summed E-state index contributed by atoms with van der Waals surface area (Å²) in [7, 11) is 0. The van der Waals surface area contributed by atoms with Crippen LogP contribution >= 0.6 is 0 Å². The van der Waals surface area contributed by atoms with E-state index in [1.165, 1.54) is 0 Å². The Hall–Kier alpha value is -3.03. The van der Waals surface area contributed by atoms with Crippen molar-refractivity contribution in [2.75, 3.05) is 6.54 Å². The molecule has 8 nitrogen and oxygen atoms in total. The Morgan fingerprint density at radius 1 is 1.10 bits per heavy atom. The SMILES string of the molecule is Cc1ncc(-c2onc(C)c2C)c([C@@H]2CCCCN2C(=O)Cn2nc(C)c(C)c2C)n1. The summed E-state index contributed by atoms with van der Waals surface area (Å²) in [5.74, 6) is 1.42. The van der Waals surface area contributed by atoms with Crippen molar-refractivity contribution in [3.8, 4) is 11.3 Å². The van der Waals surface area contributed by atoms with E-state index in [0.717, 1.165) is 58.7 Å². The van der Waals surface area contributed by atoms with Crippen molar-refractivity contribution in [3.05, 3.63) is 45.9 Å². The standard InChI is InChI=1S/C23H30N6O2/c1-13-15(3)26-29(17(13)5)12-21(30)28-10-8-7-9-20(28)22-19(11-24-18(6)25-22)23-14(2)16(4)27-31-23/h11,20H,7-10,12H2,1-6H3/t20-/m0/s1. The fourth-order valence-electron chi connectivity index (χ4n) is 4.26. The van der Waals surface area contributed by atoms with Crippen LogP contribution in [0.25, 0.3) is 11.3 Å². The molecule has 4 heterocycles. The lowest BCUT2D eigenvalue weighted by Crippen LogP contribution is -2.41. The molecule has 0 saturated carbocycles. The molecule has 8 heteroatoms. The first kappa shape index (κ1) is 21.2. The van der Waals surface area contributed by atoms with Crippen LogP contribution in [-0.4, -0.2) is 42.3 Å². The lowest BCUT2D eigenvalue weighted by atomic mass is 9.94. The van der Waals surface area contributed by atoms with Gasteiger partial charge in [-0.25, -0.2) is 9.97 Å². The van der Waals surface area contributed by atoms with Crippen LogP contribution in [-0.2, 0) is 11.3 Å². The number of likely N-dealkylation sites (tertiary alicyclic amines) is 1. The van der Waals surface area contributed by atoms with Gasteiger partial charge < -0.3 is 9.42 Å². The zero-order valence-electron chi connectivity index (χ0n) is 19.2. The molecule has 0 N–H and O–H groups in total. The summed E-state index contributed by atoms with van der Waals surface area (Å²) in [6.07, 6.45) is 4.69. The first-order valence-corrected chi connectivity index (χ1v) is 10.8. The summed E-state index contributed by atoms with van der Waals surface area (Å²) < 4.78 is 7.44. The van der Waals surface area contributed by atoms with Crippen molar-refractivity contribution in [3.63, 3.8) is 0 Å². The number of aromatic nitrogens is 5. The molecule has 1 atom stereocenters. The predicted molar refractivity (Wildman–Crippen MR) is 116 cm³/mol. The lowest BCUT2D eigenvalue weighted by molar-refractivity contribution is -0.136. The van der Waals surface area contributed by atoms with Crippen LogP contribution in [0.15, 0.2) is 10.7 Å². The maximum absolute atomic E-state index is 13.4. The van der Waals surface area contributed by atoms with E-state index in [2.05, 4.69) is 15.2 Å². The Balaban J connectivity index is 1.71. The Kier molecular flexibility index (Phi) is 5.64. The topological polar surface area (TPSA) is 89.9 Å². The number of carbonyl (C=O) groups is 1. The van der Waals surface area contributed by atoms with Crippen LogP contribution in [0.2, 0.25) is 0 Å². The summed E-state index contributed by atoms with van der Waals surface area (Å²) >= 11 is 0. The fraction of sp³-hybridized carbons (Fsp3) is 0.522. The summed E-state index contributed by atoms with van der Waals surface area (Å²) in [5, 5.41) is 8.66. The second kappa shape index (κ2) is 8.24. The van der Waals surface area contributed by atoms with Crippen molar-refractivity contribution in [2.24, 2.45) is 0 Å². The zero-order chi connectivity index (χ0) is 22.3. The van der Waals surface area contributed by atoms with E-state index in [1.807, 2.05) is 51.1 Å². The molecule has 0 radical (unpaired) electrons. The van der Waals surface area contributed by atoms with E-state index in [9.17, 15) is 4.79 Å². The minimum absolute atomic E-state index is 0.0583. The maximum Gasteiger partial charge on any atom is 0.244 e. The van der Waals surface area contributed by atoms with E-state index >= 15 is 0 Å². The van der Waals surface area contributed by atoms with Gasteiger partial charge in [0.1, 0.15) is 12.4 Å². The molecule has 31 heavy (non-hydrogen) atoms. The molecule has 0 aromatic carbocycles. The van der Waals surface area contributed by atoms with Gasteiger partial charge in [-0.3, -0.25) is 9.48 Å². The van der Waals surface area contributed by atoms with Gasteiger partial charge in [-0.05, 0) is 66.4 Å². The van der Waals surface area contributed by atoms with E-state index in [4.69, 9.17) is 9.51 Å². The number of rotatable bonds is 4. The molecule has 3 aromatic rings. The first-order valence-electron chi connectivity index (χ1n) is 10.8. The fourth-order valence-corrected chi connectivity index (χ4v) is 4.26. The molecule has 4 rings (SSSR count). The van der Waals surface area contributed by atoms with Gasteiger partial charge in [0.2, 0.25) is 5.91 Å². The number of hydrogen-bond donors (Lipinski definition) is 0. The molecule has 164 valence electrons. The van der Waals surface area contributed by atoms with E-state index in [-0.39, 0.29) is 18.5 Å². The minimum Gasteiger partial charge on any atom is -0.356 e. The third-order valence-corrected chi connectivity index (χ3v) is 6.51. The monoisotopic (exact) mass is 422 g/mol. The third-order valence-electron chi connectivity index (χ3n) is 6.51. The average Bonchev–Trinajstić information content (AvgIpc) is 3.21. The third kappa shape index (κ3) is 3.86. The van der Waals surface area contributed by atoms with Crippen LogP contribution in [0.5, 0.6) is 0 Å². The van der Waals surface area contributed by atoms with Crippen molar-refractivity contribution >= 4 is 5.91 Å². The van der Waals surface area contributed by atoms with Gasteiger partial charge in [-0.2, -0.15) is 5.10 Å². The van der Waals surface area contributed by atoms with Crippen molar-refractivity contribution in [1.82, 2.24) is 29.8 Å². The molecule has 0 aliphatic carbocycles. The highest BCUT2D eigenvalue weighted by atomic mass is 16.5. The molecule has 1 amide bonds. The van der Waals surface area contributed by atoms with Crippen LogP contribution < -0.4 is 0 Å². The number of hydrogen-bond acceptors (Lipinski definition) is 6. The highest BCUT2D eigenvalue weighted by Crippen LogP contribution is 2.37. The predicted octanol–water partition coefficient (Wildman–Crippen LogP) is 3.93. The van der Waals surface area contributed by atoms with Gasteiger partial charge in [0.05, 0.1) is 28.7 Å². The van der Waals surface area contributed by atoms with Crippen molar-refractivity contribution in [2.45, 2.75) is 73.4 Å². The van der Waals surface area contributed by atoms with E-state index < -0.39 is 0 Å². The zero-order valence-corrected chi connectivity index (χ0v) is 19.2. The summed E-state index contributed by atoms with van der Waals surface area (Å²) in [6, 6.07) is -0.124. The molecule has 1 saturated heterocycles.